The Morgan fingerprint density at radius 1 is 0.625 bits per heavy atom. The second-order valence-corrected chi connectivity index (χ2v) is 5.35. The van der Waals surface area contributed by atoms with Crippen molar-refractivity contribution in [3.05, 3.63) is 56.0 Å². The lowest BCUT2D eigenvalue weighted by atomic mass is 9.86. The third-order valence-electron chi connectivity index (χ3n) is 4.18. The molecule has 24 heavy (non-hydrogen) atoms. The number of nitrogens with zero attached hydrogens (tertiary/aromatic N) is 4. The second kappa shape index (κ2) is 6.10. The van der Waals surface area contributed by atoms with Gasteiger partial charge < -0.3 is 0 Å². The predicted octanol–water partition coefficient (Wildman–Crippen LogP) is 2.28. The fourth-order valence-electron chi connectivity index (χ4n) is 2.70. The Kier molecular flexibility index (Phi) is 4.19. The van der Waals surface area contributed by atoms with Gasteiger partial charge in [-0.3, -0.25) is 0 Å². The Morgan fingerprint density at radius 3 is 1.58 bits per heavy atom. The van der Waals surface area contributed by atoms with Crippen molar-refractivity contribution in [3.8, 4) is 35.4 Å². The zero-order valence-electron chi connectivity index (χ0n) is 13.4. The van der Waals surface area contributed by atoms with Crippen LogP contribution in [0.25, 0.3) is 24.3 Å². The highest BCUT2D eigenvalue weighted by Crippen LogP contribution is 2.31. The fraction of sp³-hybridized carbons (Fsp3) is 0.100. The van der Waals surface area contributed by atoms with Gasteiger partial charge in [-0.05, 0) is 47.5 Å². The van der Waals surface area contributed by atoms with Crippen molar-refractivity contribution >= 4 is 13.2 Å². The minimum Gasteiger partial charge on any atom is -0.192 e. The van der Waals surface area contributed by atoms with Gasteiger partial charge in [0.1, 0.15) is 0 Å². The summed E-state index contributed by atoms with van der Waals surface area (Å²) in [5.74, 6) is 0. The topological polar surface area (TPSA) is 95.2 Å². The monoisotopic (exact) mass is 308 g/mol. The van der Waals surface area contributed by atoms with Crippen LogP contribution in [0.1, 0.15) is 33.4 Å². The number of rotatable bonds is 1. The molecule has 0 fully saturated rings. The maximum Gasteiger partial charge on any atom is 0.0998 e. The number of hydrogen-bond acceptors (Lipinski definition) is 4. The zero-order chi connectivity index (χ0) is 18.0. The van der Waals surface area contributed by atoms with Crippen LogP contribution in [0.4, 0.5) is 0 Å². The van der Waals surface area contributed by atoms with Gasteiger partial charge in [-0.2, -0.15) is 21.0 Å². The van der Waals surface area contributed by atoms with Crippen LogP contribution >= 0.6 is 0 Å². The van der Waals surface area contributed by atoms with Gasteiger partial charge in [0.2, 0.25) is 0 Å². The lowest BCUT2D eigenvalue weighted by Gasteiger charge is -2.15. The molecule has 0 aliphatic heterocycles. The SMILES string of the molecule is C=c1c(C#N)cc(C#N)c(-c2c(C#N)cc(C#N)c(C)c2C)c1=C. The molecule has 0 saturated heterocycles. The summed E-state index contributed by atoms with van der Waals surface area (Å²) >= 11 is 0. The summed E-state index contributed by atoms with van der Waals surface area (Å²) in [6, 6.07) is 11.2. The molecule has 0 bridgehead atoms. The molecule has 0 radical (unpaired) electrons. The van der Waals surface area contributed by atoms with Crippen molar-refractivity contribution in [2.45, 2.75) is 13.8 Å². The lowest BCUT2D eigenvalue weighted by Crippen LogP contribution is -2.28. The van der Waals surface area contributed by atoms with Crippen LogP contribution < -0.4 is 10.4 Å². The van der Waals surface area contributed by atoms with Gasteiger partial charge >= 0.3 is 0 Å². The summed E-state index contributed by atoms with van der Waals surface area (Å²) in [5, 5.41) is 38.3. The first kappa shape index (κ1) is 16.5. The Balaban J connectivity index is 3.12. The Labute approximate surface area is 140 Å². The molecule has 0 amide bonds. The first-order valence-corrected chi connectivity index (χ1v) is 7.01. The molecule has 2 rings (SSSR count). The van der Waals surface area contributed by atoms with Crippen molar-refractivity contribution in [1.29, 1.82) is 21.0 Å². The maximum absolute atomic E-state index is 9.51. The van der Waals surface area contributed by atoms with Gasteiger partial charge in [-0.25, -0.2) is 0 Å². The molecule has 0 aliphatic carbocycles. The van der Waals surface area contributed by atoms with Gasteiger partial charge in [-0.15, -0.1) is 0 Å². The van der Waals surface area contributed by atoms with E-state index in [2.05, 4.69) is 31.4 Å². The highest BCUT2D eigenvalue weighted by atomic mass is 14.3. The van der Waals surface area contributed by atoms with E-state index in [4.69, 9.17) is 0 Å². The van der Waals surface area contributed by atoms with Crippen LogP contribution in [0.5, 0.6) is 0 Å². The predicted molar refractivity (Wildman–Crippen MR) is 90.5 cm³/mol. The van der Waals surface area contributed by atoms with Gasteiger partial charge in [0.05, 0.1) is 46.5 Å². The fourth-order valence-corrected chi connectivity index (χ4v) is 2.70. The van der Waals surface area contributed by atoms with Crippen molar-refractivity contribution in [2.24, 2.45) is 0 Å². The average molecular weight is 308 g/mol. The highest BCUT2D eigenvalue weighted by Gasteiger charge is 2.19. The Hall–Kier alpha value is -3.86. The second-order valence-electron chi connectivity index (χ2n) is 5.35. The van der Waals surface area contributed by atoms with Crippen molar-refractivity contribution in [1.82, 2.24) is 0 Å². The van der Waals surface area contributed by atoms with Gasteiger partial charge in [0, 0.05) is 11.1 Å². The largest absolute Gasteiger partial charge is 0.192 e. The molecule has 0 heterocycles. The Morgan fingerprint density at radius 2 is 1.08 bits per heavy atom. The summed E-state index contributed by atoms with van der Waals surface area (Å²) in [6.45, 7) is 11.4. The van der Waals surface area contributed by atoms with E-state index in [0.29, 0.717) is 32.7 Å². The summed E-state index contributed by atoms with van der Waals surface area (Å²) in [5.41, 5.74) is 3.77. The molecule has 4 nitrogen and oxygen atoms in total. The minimum absolute atomic E-state index is 0.257. The number of benzene rings is 2. The third kappa shape index (κ3) is 2.30. The van der Waals surface area contributed by atoms with Crippen LogP contribution in [0.2, 0.25) is 0 Å². The quantitative estimate of drug-likeness (QED) is 0.807. The van der Waals surface area contributed by atoms with Crippen molar-refractivity contribution in [3.63, 3.8) is 0 Å². The van der Waals surface area contributed by atoms with E-state index in [1.165, 1.54) is 12.1 Å². The first-order chi connectivity index (χ1) is 11.4. The zero-order valence-corrected chi connectivity index (χ0v) is 13.4. The van der Waals surface area contributed by atoms with Crippen LogP contribution in [0.15, 0.2) is 12.1 Å². The molecule has 2 aromatic carbocycles. The molecule has 4 heteroatoms. The molecule has 0 aliphatic rings. The summed E-state index contributed by atoms with van der Waals surface area (Å²) in [4.78, 5) is 0. The van der Waals surface area contributed by atoms with E-state index in [-0.39, 0.29) is 11.1 Å². The van der Waals surface area contributed by atoms with Crippen LogP contribution in [0.3, 0.4) is 0 Å². The summed E-state index contributed by atoms with van der Waals surface area (Å²) < 4.78 is 0. The van der Waals surface area contributed by atoms with Gasteiger partial charge in [0.25, 0.3) is 0 Å². The van der Waals surface area contributed by atoms with Crippen molar-refractivity contribution < 1.29 is 0 Å². The Bertz CT molecular complexity index is 1140. The standard InChI is InChI=1S/C20H12N4/c1-11-13(3)19(17(9-23)5-15(11)7-21)20-14(4)12(2)16(8-22)6-18(20)10-24/h5-6H,1,3H2,2,4H3. The van der Waals surface area contributed by atoms with E-state index in [1.807, 2.05) is 6.07 Å². The van der Waals surface area contributed by atoms with E-state index in [0.717, 1.165) is 11.1 Å². The minimum atomic E-state index is 0.257. The van der Waals surface area contributed by atoms with E-state index in [9.17, 15) is 21.0 Å². The highest BCUT2D eigenvalue weighted by molar-refractivity contribution is 5.81. The lowest BCUT2D eigenvalue weighted by molar-refractivity contribution is 1.28. The molecular weight excluding hydrogens is 296 g/mol. The molecule has 0 spiro atoms. The normalized spacial score (nSPS) is 9.42. The molecule has 2 aromatic rings. The molecule has 0 N–H and O–H groups in total. The average Bonchev–Trinajstić information content (AvgIpc) is 2.60. The maximum atomic E-state index is 9.51. The third-order valence-corrected chi connectivity index (χ3v) is 4.18. The van der Waals surface area contributed by atoms with Gasteiger partial charge in [-0.1, -0.05) is 13.2 Å². The van der Waals surface area contributed by atoms with Crippen LogP contribution in [-0.2, 0) is 0 Å². The number of nitriles is 4. The molecule has 0 unspecified atom stereocenters. The molecule has 0 saturated carbocycles. The van der Waals surface area contributed by atoms with E-state index < -0.39 is 0 Å². The smallest absolute Gasteiger partial charge is 0.0998 e. The summed E-state index contributed by atoms with van der Waals surface area (Å²) in [6.07, 6.45) is 0. The molecular formula is C20H12N4. The molecule has 0 aromatic heterocycles. The summed E-state index contributed by atoms with van der Waals surface area (Å²) in [7, 11) is 0. The van der Waals surface area contributed by atoms with E-state index >= 15 is 0 Å². The van der Waals surface area contributed by atoms with Crippen LogP contribution in [0, 0.1) is 59.2 Å². The number of hydrogen-bond donors (Lipinski definition) is 0. The van der Waals surface area contributed by atoms with Crippen molar-refractivity contribution in [2.75, 3.05) is 0 Å². The van der Waals surface area contributed by atoms with E-state index in [1.54, 1.807) is 13.8 Å². The van der Waals surface area contributed by atoms with Crippen LogP contribution in [-0.4, -0.2) is 0 Å². The molecule has 0 atom stereocenters. The van der Waals surface area contributed by atoms with Gasteiger partial charge in [0.15, 0.2) is 0 Å². The molecule has 112 valence electrons. The first-order valence-electron chi connectivity index (χ1n) is 7.01.